The molecular weight excluding hydrogens is 222 g/mol. The maximum absolute atomic E-state index is 11.2. The Morgan fingerprint density at radius 2 is 2.17 bits per heavy atom. The molecule has 1 unspecified atom stereocenters. The van der Waals surface area contributed by atoms with Gasteiger partial charge in [0.1, 0.15) is 0 Å². The molecule has 2 nitrogen and oxygen atoms in total. The van der Waals surface area contributed by atoms with E-state index in [9.17, 15) is 4.79 Å². The van der Waals surface area contributed by atoms with E-state index in [0.29, 0.717) is 5.56 Å². The van der Waals surface area contributed by atoms with Crippen LogP contribution in [0.3, 0.4) is 0 Å². The fourth-order valence-corrected chi connectivity index (χ4v) is 2.92. The van der Waals surface area contributed by atoms with Crippen molar-refractivity contribution >= 4 is 5.91 Å². The molecule has 1 atom stereocenters. The van der Waals surface area contributed by atoms with Crippen molar-refractivity contribution in [2.45, 2.75) is 51.9 Å². The van der Waals surface area contributed by atoms with E-state index >= 15 is 0 Å². The molecule has 1 aromatic carbocycles. The number of amides is 1. The van der Waals surface area contributed by atoms with Crippen molar-refractivity contribution in [3.8, 4) is 0 Å². The SMILES string of the molecule is CCCCCC1CCc2ccc(C(N)=O)cc2C1. The number of unbranched alkanes of at least 4 members (excludes halogenated alkanes) is 2. The average Bonchev–Trinajstić information content (AvgIpc) is 2.38. The number of fused-ring (bicyclic) bond motifs is 1. The van der Waals surface area contributed by atoms with Crippen LogP contribution in [-0.4, -0.2) is 5.91 Å². The molecule has 1 amide bonds. The van der Waals surface area contributed by atoms with Crippen LogP contribution in [0.15, 0.2) is 18.2 Å². The van der Waals surface area contributed by atoms with Gasteiger partial charge in [0.15, 0.2) is 0 Å². The van der Waals surface area contributed by atoms with Gasteiger partial charge in [-0.25, -0.2) is 0 Å². The highest BCUT2D eigenvalue weighted by Crippen LogP contribution is 2.29. The number of carbonyl (C=O) groups excluding carboxylic acids is 1. The van der Waals surface area contributed by atoms with Crippen LogP contribution in [0.5, 0.6) is 0 Å². The Kier molecular flexibility index (Phi) is 4.40. The second kappa shape index (κ2) is 6.03. The molecule has 0 bridgehead atoms. The van der Waals surface area contributed by atoms with Crippen LogP contribution in [0.25, 0.3) is 0 Å². The molecule has 0 fully saturated rings. The van der Waals surface area contributed by atoms with Crippen molar-refractivity contribution in [3.05, 3.63) is 34.9 Å². The zero-order valence-electron chi connectivity index (χ0n) is 11.2. The van der Waals surface area contributed by atoms with Gasteiger partial charge in [-0.2, -0.15) is 0 Å². The zero-order chi connectivity index (χ0) is 13.0. The smallest absolute Gasteiger partial charge is 0.248 e. The summed E-state index contributed by atoms with van der Waals surface area (Å²) in [4.78, 5) is 11.2. The molecule has 0 aliphatic heterocycles. The van der Waals surface area contributed by atoms with Crippen molar-refractivity contribution in [3.63, 3.8) is 0 Å². The Balaban J connectivity index is 2.02. The standard InChI is InChI=1S/C16H23NO/c1-2-3-4-5-12-6-7-13-8-9-14(16(17)18)11-15(13)10-12/h8-9,11-12H,2-7,10H2,1H3,(H2,17,18). The topological polar surface area (TPSA) is 43.1 Å². The molecule has 1 aliphatic carbocycles. The Morgan fingerprint density at radius 3 is 2.89 bits per heavy atom. The Hall–Kier alpha value is -1.31. The van der Waals surface area contributed by atoms with Crippen LogP contribution >= 0.6 is 0 Å². The predicted octanol–water partition coefficient (Wildman–Crippen LogP) is 3.47. The number of benzene rings is 1. The van der Waals surface area contributed by atoms with Gasteiger partial charge < -0.3 is 5.73 Å². The third-order valence-corrected chi connectivity index (χ3v) is 4.04. The molecule has 1 aromatic rings. The maximum Gasteiger partial charge on any atom is 0.248 e. The van der Waals surface area contributed by atoms with Crippen molar-refractivity contribution in [2.24, 2.45) is 11.7 Å². The van der Waals surface area contributed by atoms with Gasteiger partial charge in [-0.3, -0.25) is 4.79 Å². The monoisotopic (exact) mass is 245 g/mol. The molecule has 0 aromatic heterocycles. The first-order chi connectivity index (χ1) is 8.70. The summed E-state index contributed by atoms with van der Waals surface area (Å²) < 4.78 is 0. The first-order valence-corrected chi connectivity index (χ1v) is 7.12. The summed E-state index contributed by atoms with van der Waals surface area (Å²) in [6.07, 6.45) is 8.87. The van der Waals surface area contributed by atoms with E-state index in [0.717, 1.165) is 18.8 Å². The van der Waals surface area contributed by atoms with E-state index in [1.807, 2.05) is 12.1 Å². The summed E-state index contributed by atoms with van der Waals surface area (Å²) in [6, 6.07) is 5.94. The maximum atomic E-state index is 11.2. The number of hydrogen-bond acceptors (Lipinski definition) is 1. The summed E-state index contributed by atoms with van der Waals surface area (Å²) >= 11 is 0. The van der Waals surface area contributed by atoms with Gasteiger partial charge in [0, 0.05) is 5.56 Å². The number of aryl methyl sites for hydroxylation is 1. The minimum Gasteiger partial charge on any atom is -0.366 e. The van der Waals surface area contributed by atoms with Crippen LogP contribution < -0.4 is 5.73 Å². The molecular formula is C16H23NO. The molecule has 0 saturated carbocycles. The Bertz CT molecular complexity index is 425. The van der Waals surface area contributed by atoms with E-state index in [1.54, 1.807) is 0 Å². The van der Waals surface area contributed by atoms with Gasteiger partial charge in [0.2, 0.25) is 5.91 Å². The van der Waals surface area contributed by atoms with E-state index < -0.39 is 0 Å². The lowest BCUT2D eigenvalue weighted by molar-refractivity contribution is 0.1000. The molecule has 0 spiro atoms. The number of hydrogen-bond donors (Lipinski definition) is 1. The molecule has 0 saturated heterocycles. The van der Waals surface area contributed by atoms with Crippen molar-refractivity contribution in [1.82, 2.24) is 0 Å². The van der Waals surface area contributed by atoms with E-state index in [1.165, 1.54) is 43.2 Å². The van der Waals surface area contributed by atoms with Crippen LogP contribution in [0.4, 0.5) is 0 Å². The fraction of sp³-hybridized carbons (Fsp3) is 0.562. The summed E-state index contributed by atoms with van der Waals surface area (Å²) in [5.41, 5.74) is 8.75. The average molecular weight is 245 g/mol. The first kappa shape index (κ1) is 13.1. The highest BCUT2D eigenvalue weighted by atomic mass is 16.1. The van der Waals surface area contributed by atoms with Crippen LogP contribution in [0.2, 0.25) is 0 Å². The van der Waals surface area contributed by atoms with Gasteiger partial charge in [0.05, 0.1) is 0 Å². The second-order valence-electron chi connectivity index (χ2n) is 5.45. The van der Waals surface area contributed by atoms with E-state index in [2.05, 4.69) is 13.0 Å². The third kappa shape index (κ3) is 3.12. The molecule has 1 aliphatic rings. The molecule has 2 N–H and O–H groups in total. The Morgan fingerprint density at radius 1 is 1.33 bits per heavy atom. The summed E-state index contributed by atoms with van der Waals surface area (Å²) in [5.74, 6) is 0.484. The highest BCUT2D eigenvalue weighted by Gasteiger charge is 2.19. The summed E-state index contributed by atoms with van der Waals surface area (Å²) in [5, 5.41) is 0. The zero-order valence-corrected chi connectivity index (χ0v) is 11.2. The first-order valence-electron chi connectivity index (χ1n) is 7.12. The van der Waals surface area contributed by atoms with E-state index in [4.69, 9.17) is 5.73 Å². The molecule has 0 heterocycles. The molecule has 0 radical (unpaired) electrons. The lowest BCUT2D eigenvalue weighted by Gasteiger charge is -2.25. The molecule has 98 valence electrons. The molecule has 18 heavy (non-hydrogen) atoms. The third-order valence-electron chi connectivity index (χ3n) is 4.04. The lowest BCUT2D eigenvalue weighted by Crippen LogP contribution is -2.17. The highest BCUT2D eigenvalue weighted by molar-refractivity contribution is 5.93. The lowest BCUT2D eigenvalue weighted by atomic mass is 9.81. The second-order valence-corrected chi connectivity index (χ2v) is 5.45. The van der Waals surface area contributed by atoms with Crippen molar-refractivity contribution in [1.29, 1.82) is 0 Å². The van der Waals surface area contributed by atoms with Gasteiger partial charge in [0.25, 0.3) is 0 Å². The molecule has 2 rings (SSSR count). The molecule has 2 heteroatoms. The van der Waals surface area contributed by atoms with Crippen LogP contribution in [0, 0.1) is 5.92 Å². The van der Waals surface area contributed by atoms with Crippen molar-refractivity contribution in [2.75, 3.05) is 0 Å². The van der Waals surface area contributed by atoms with Gasteiger partial charge in [-0.05, 0) is 48.4 Å². The largest absolute Gasteiger partial charge is 0.366 e. The summed E-state index contributed by atoms with van der Waals surface area (Å²) in [6.45, 7) is 2.25. The number of carbonyl (C=O) groups is 1. The van der Waals surface area contributed by atoms with Gasteiger partial charge in [-0.15, -0.1) is 0 Å². The fourth-order valence-electron chi connectivity index (χ4n) is 2.92. The minimum absolute atomic E-state index is 0.314. The quantitative estimate of drug-likeness (QED) is 0.793. The van der Waals surface area contributed by atoms with Crippen LogP contribution in [0.1, 0.15) is 60.5 Å². The Labute approximate surface area is 110 Å². The van der Waals surface area contributed by atoms with E-state index in [-0.39, 0.29) is 5.91 Å². The van der Waals surface area contributed by atoms with Crippen LogP contribution in [-0.2, 0) is 12.8 Å². The van der Waals surface area contributed by atoms with Gasteiger partial charge in [-0.1, -0.05) is 38.7 Å². The predicted molar refractivity (Wildman–Crippen MR) is 74.6 cm³/mol. The number of primary amides is 1. The van der Waals surface area contributed by atoms with Crippen molar-refractivity contribution < 1.29 is 4.79 Å². The number of rotatable bonds is 5. The minimum atomic E-state index is -0.314. The number of nitrogens with two attached hydrogens (primary N) is 1. The summed E-state index contributed by atoms with van der Waals surface area (Å²) in [7, 11) is 0. The van der Waals surface area contributed by atoms with Gasteiger partial charge >= 0.3 is 0 Å². The normalized spacial score (nSPS) is 18.4.